The van der Waals surface area contributed by atoms with E-state index in [0.29, 0.717) is 10.0 Å². The average molecular weight is 419 g/mol. The molecule has 3 nitrogen and oxygen atoms in total. The molecule has 150 valence electrons. The fourth-order valence-electron chi connectivity index (χ4n) is 3.90. The van der Waals surface area contributed by atoms with Crippen molar-refractivity contribution in [3.05, 3.63) is 68.7 Å². The Morgan fingerprint density at radius 1 is 1.14 bits per heavy atom. The van der Waals surface area contributed by atoms with Crippen LogP contribution in [-0.4, -0.2) is 23.9 Å². The highest BCUT2D eigenvalue weighted by molar-refractivity contribution is 6.35. The first kappa shape index (κ1) is 21.2. The van der Waals surface area contributed by atoms with E-state index >= 15 is 0 Å². The molecule has 1 amide bonds. The number of aryl methyl sites for hydroxylation is 2. The van der Waals surface area contributed by atoms with E-state index in [-0.39, 0.29) is 17.9 Å². The Bertz CT molecular complexity index is 824. The lowest BCUT2D eigenvalue weighted by molar-refractivity contribution is -0.127. The van der Waals surface area contributed by atoms with Gasteiger partial charge in [0.05, 0.1) is 6.04 Å². The summed E-state index contributed by atoms with van der Waals surface area (Å²) in [5.74, 6) is 0.217. The van der Waals surface area contributed by atoms with Crippen molar-refractivity contribution in [3.8, 4) is 0 Å². The van der Waals surface area contributed by atoms with E-state index in [1.165, 1.54) is 16.7 Å². The fraction of sp³-hybridized carbons (Fsp3) is 0.435. The summed E-state index contributed by atoms with van der Waals surface area (Å²) in [6.07, 6.45) is 1.71. The number of likely N-dealkylation sites (tertiary alicyclic amines) is 1. The zero-order valence-electron chi connectivity index (χ0n) is 16.8. The molecule has 0 unspecified atom stereocenters. The second kappa shape index (κ2) is 9.30. The Labute approximate surface area is 178 Å². The van der Waals surface area contributed by atoms with Crippen LogP contribution in [0.5, 0.6) is 0 Å². The summed E-state index contributed by atoms with van der Waals surface area (Å²) in [5.41, 5.74) is 4.59. The molecule has 1 N–H and O–H groups in total. The van der Waals surface area contributed by atoms with E-state index in [1.54, 1.807) is 0 Å². The smallest absolute Gasteiger partial charge is 0.223 e. The van der Waals surface area contributed by atoms with Crippen molar-refractivity contribution in [2.75, 3.05) is 13.1 Å². The molecule has 0 radical (unpaired) electrons. The standard InChI is InChI=1S/C23H28Cl2N2O/c1-15-7-8-16(2)19(13-15)17(3)26-23(28)18-9-11-27(12-10-18)14-20-21(24)5-4-6-22(20)25/h4-8,13,17-18H,9-12,14H2,1-3H3,(H,26,28)/t17-/m0/s1. The summed E-state index contributed by atoms with van der Waals surface area (Å²) in [6.45, 7) is 8.71. The quantitative estimate of drug-likeness (QED) is 0.674. The third-order valence-electron chi connectivity index (χ3n) is 5.66. The zero-order chi connectivity index (χ0) is 20.3. The molecule has 2 aromatic rings. The van der Waals surface area contributed by atoms with Crippen molar-refractivity contribution < 1.29 is 4.79 Å². The minimum atomic E-state index is 0.0207. The van der Waals surface area contributed by atoms with Crippen molar-refractivity contribution in [1.82, 2.24) is 10.2 Å². The molecule has 0 aromatic heterocycles. The lowest BCUT2D eigenvalue weighted by Crippen LogP contribution is -2.41. The number of benzene rings is 2. The summed E-state index contributed by atoms with van der Waals surface area (Å²) >= 11 is 12.6. The highest BCUT2D eigenvalue weighted by Crippen LogP contribution is 2.28. The van der Waals surface area contributed by atoms with Crippen LogP contribution in [0.25, 0.3) is 0 Å². The monoisotopic (exact) mass is 418 g/mol. The fourth-order valence-corrected chi connectivity index (χ4v) is 4.41. The van der Waals surface area contributed by atoms with Gasteiger partial charge in [-0.15, -0.1) is 0 Å². The van der Waals surface area contributed by atoms with Crippen LogP contribution in [0.2, 0.25) is 10.0 Å². The molecular weight excluding hydrogens is 391 g/mol. The molecular formula is C23H28Cl2N2O. The minimum Gasteiger partial charge on any atom is -0.349 e. The van der Waals surface area contributed by atoms with Crippen LogP contribution < -0.4 is 5.32 Å². The van der Waals surface area contributed by atoms with Gasteiger partial charge in [-0.25, -0.2) is 0 Å². The van der Waals surface area contributed by atoms with Crippen LogP contribution in [-0.2, 0) is 11.3 Å². The van der Waals surface area contributed by atoms with Crippen molar-refractivity contribution >= 4 is 29.1 Å². The number of rotatable bonds is 5. The van der Waals surface area contributed by atoms with Gasteiger partial charge in [0.25, 0.3) is 0 Å². The zero-order valence-corrected chi connectivity index (χ0v) is 18.3. The van der Waals surface area contributed by atoms with Crippen molar-refractivity contribution in [2.24, 2.45) is 5.92 Å². The van der Waals surface area contributed by atoms with E-state index in [9.17, 15) is 4.79 Å². The lowest BCUT2D eigenvalue weighted by Gasteiger charge is -2.32. The topological polar surface area (TPSA) is 32.3 Å². The second-order valence-corrected chi connectivity index (χ2v) is 8.66. The number of carbonyl (C=O) groups is 1. The number of nitrogens with one attached hydrogen (secondary N) is 1. The summed E-state index contributed by atoms with van der Waals surface area (Å²) in [7, 11) is 0. The van der Waals surface area contributed by atoms with Crippen LogP contribution in [0.3, 0.4) is 0 Å². The molecule has 1 saturated heterocycles. The Morgan fingerprint density at radius 2 is 1.79 bits per heavy atom. The Balaban J connectivity index is 1.54. The molecule has 1 fully saturated rings. The summed E-state index contributed by atoms with van der Waals surface area (Å²) in [6, 6.07) is 12.0. The predicted molar refractivity (Wildman–Crippen MR) is 117 cm³/mol. The molecule has 0 bridgehead atoms. The molecule has 2 aromatic carbocycles. The average Bonchev–Trinajstić information content (AvgIpc) is 2.67. The summed E-state index contributed by atoms with van der Waals surface area (Å²) < 4.78 is 0. The Hall–Kier alpha value is -1.55. The number of hydrogen-bond donors (Lipinski definition) is 1. The minimum absolute atomic E-state index is 0.0207. The first-order valence-electron chi connectivity index (χ1n) is 9.88. The molecule has 28 heavy (non-hydrogen) atoms. The van der Waals surface area contributed by atoms with E-state index in [1.807, 2.05) is 18.2 Å². The summed E-state index contributed by atoms with van der Waals surface area (Å²) in [5, 5.41) is 4.62. The molecule has 5 heteroatoms. The number of halogens is 2. The van der Waals surface area contributed by atoms with E-state index in [4.69, 9.17) is 23.2 Å². The normalized spacial score (nSPS) is 16.8. The highest BCUT2D eigenvalue weighted by Gasteiger charge is 2.26. The van der Waals surface area contributed by atoms with E-state index in [0.717, 1.165) is 38.0 Å². The number of carbonyl (C=O) groups excluding carboxylic acids is 1. The molecule has 1 atom stereocenters. The second-order valence-electron chi connectivity index (χ2n) is 7.84. The van der Waals surface area contributed by atoms with Crippen LogP contribution in [0.15, 0.2) is 36.4 Å². The first-order chi connectivity index (χ1) is 13.3. The SMILES string of the molecule is Cc1ccc(C)c([C@H](C)NC(=O)C2CCN(Cc3c(Cl)cccc3Cl)CC2)c1. The number of nitrogens with zero attached hydrogens (tertiary/aromatic N) is 1. The van der Waals surface area contributed by atoms with Gasteiger partial charge in [-0.3, -0.25) is 9.69 Å². The van der Waals surface area contributed by atoms with Gasteiger partial charge in [-0.2, -0.15) is 0 Å². The van der Waals surface area contributed by atoms with Crippen molar-refractivity contribution in [2.45, 2.75) is 46.2 Å². The third kappa shape index (κ3) is 5.08. The molecule has 1 aliphatic rings. The van der Waals surface area contributed by atoms with Gasteiger partial charge in [0.1, 0.15) is 0 Å². The molecule has 3 rings (SSSR count). The van der Waals surface area contributed by atoms with Gasteiger partial charge in [0, 0.05) is 28.1 Å². The lowest BCUT2D eigenvalue weighted by atomic mass is 9.94. The van der Waals surface area contributed by atoms with Crippen LogP contribution in [0, 0.1) is 19.8 Å². The van der Waals surface area contributed by atoms with Gasteiger partial charge in [-0.05, 0) is 70.0 Å². The molecule has 1 aliphatic heterocycles. The third-order valence-corrected chi connectivity index (χ3v) is 6.37. The van der Waals surface area contributed by atoms with E-state index < -0.39 is 0 Å². The molecule has 0 saturated carbocycles. The summed E-state index contributed by atoms with van der Waals surface area (Å²) in [4.78, 5) is 15.1. The molecule has 0 aliphatic carbocycles. The van der Waals surface area contributed by atoms with Gasteiger partial charge in [0.2, 0.25) is 5.91 Å². The Kier molecular flexibility index (Phi) is 7.03. The number of hydrogen-bond acceptors (Lipinski definition) is 2. The van der Waals surface area contributed by atoms with Gasteiger partial charge < -0.3 is 5.32 Å². The van der Waals surface area contributed by atoms with E-state index in [2.05, 4.69) is 49.2 Å². The van der Waals surface area contributed by atoms with Crippen LogP contribution >= 0.6 is 23.2 Å². The van der Waals surface area contributed by atoms with Gasteiger partial charge in [-0.1, -0.05) is 53.0 Å². The molecule has 0 spiro atoms. The van der Waals surface area contributed by atoms with Crippen molar-refractivity contribution in [1.29, 1.82) is 0 Å². The van der Waals surface area contributed by atoms with Crippen molar-refractivity contribution in [3.63, 3.8) is 0 Å². The van der Waals surface area contributed by atoms with Crippen LogP contribution in [0.4, 0.5) is 0 Å². The van der Waals surface area contributed by atoms with Gasteiger partial charge >= 0.3 is 0 Å². The maximum Gasteiger partial charge on any atom is 0.223 e. The number of amides is 1. The Morgan fingerprint density at radius 3 is 2.43 bits per heavy atom. The highest BCUT2D eigenvalue weighted by atomic mass is 35.5. The first-order valence-corrected chi connectivity index (χ1v) is 10.6. The molecule has 1 heterocycles. The van der Waals surface area contributed by atoms with Gasteiger partial charge in [0.15, 0.2) is 0 Å². The maximum absolute atomic E-state index is 12.8. The largest absolute Gasteiger partial charge is 0.349 e. The maximum atomic E-state index is 12.8. The predicted octanol–water partition coefficient (Wildman–Crippen LogP) is 5.70. The van der Waals surface area contributed by atoms with Crippen LogP contribution in [0.1, 0.15) is 48.1 Å². The number of piperidine rings is 1.